The summed E-state index contributed by atoms with van der Waals surface area (Å²) in [6.45, 7) is 0. The van der Waals surface area contributed by atoms with Gasteiger partial charge in [0.1, 0.15) is 11.5 Å². The normalized spacial score (nSPS) is 10.8. The molecule has 1 aromatic carbocycles. The average molecular weight is 377 g/mol. The second kappa shape index (κ2) is 7.07. The van der Waals surface area contributed by atoms with Gasteiger partial charge in [0, 0.05) is 54.6 Å². The van der Waals surface area contributed by atoms with Crippen LogP contribution < -0.4 is 10.3 Å². The van der Waals surface area contributed by atoms with Crippen molar-refractivity contribution in [3.8, 4) is 34.0 Å². The minimum atomic E-state index is -0.374. The topological polar surface area (TPSA) is 74.8 Å². The van der Waals surface area contributed by atoms with Crippen LogP contribution in [-0.4, -0.2) is 31.4 Å². The van der Waals surface area contributed by atoms with Crippen LogP contribution in [0.2, 0.25) is 0 Å². The number of hydrogen-bond acceptors (Lipinski definition) is 5. The molecule has 0 fully saturated rings. The number of aromatic nitrogens is 5. The van der Waals surface area contributed by atoms with E-state index in [1.54, 1.807) is 56.2 Å². The molecule has 0 aliphatic rings. The van der Waals surface area contributed by atoms with Crippen LogP contribution in [0.3, 0.4) is 0 Å². The van der Waals surface area contributed by atoms with E-state index in [1.807, 2.05) is 0 Å². The molecule has 7 nitrogen and oxygen atoms in total. The third-order valence-corrected chi connectivity index (χ3v) is 4.34. The Balaban J connectivity index is 1.85. The standard InChI is InChI=1S/C20H16FN5O2/c1-25-12-16(14-10-24-26(11-14)18-6-4-3-5-17(18)21)15(7-19(25)27)13-8-22-20(28-2)23-9-13/h3-12H,1-2H3. The van der Waals surface area contributed by atoms with E-state index in [1.165, 1.54) is 28.5 Å². The van der Waals surface area contributed by atoms with E-state index in [0.29, 0.717) is 16.8 Å². The van der Waals surface area contributed by atoms with Crippen molar-refractivity contribution in [2.45, 2.75) is 0 Å². The van der Waals surface area contributed by atoms with Gasteiger partial charge in [0.05, 0.1) is 13.3 Å². The maximum absolute atomic E-state index is 14.1. The lowest BCUT2D eigenvalue weighted by Crippen LogP contribution is -2.15. The quantitative estimate of drug-likeness (QED) is 0.547. The van der Waals surface area contributed by atoms with Gasteiger partial charge in [0.25, 0.3) is 5.56 Å². The lowest BCUT2D eigenvalue weighted by atomic mass is 10.0. The first-order valence-corrected chi connectivity index (χ1v) is 8.44. The SMILES string of the molecule is COc1ncc(-c2cc(=O)n(C)cc2-c2cnn(-c3ccccc3F)c2)cn1. The Morgan fingerprint density at radius 1 is 1.00 bits per heavy atom. The number of halogens is 1. The molecule has 28 heavy (non-hydrogen) atoms. The fraction of sp³-hybridized carbons (Fsp3) is 0.100. The van der Waals surface area contributed by atoms with Gasteiger partial charge in [-0.15, -0.1) is 0 Å². The molecule has 0 bridgehead atoms. The van der Waals surface area contributed by atoms with Crippen molar-refractivity contribution < 1.29 is 9.13 Å². The number of aryl methyl sites for hydroxylation is 1. The van der Waals surface area contributed by atoms with Crippen LogP contribution in [0.1, 0.15) is 0 Å². The molecule has 0 saturated carbocycles. The van der Waals surface area contributed by atoms with Crippen molar-refractivity contribution in [1.82, 2.24) is 24.3 Å². The number of rotatable bonds is 4. The van der Waals surface area contributed by atoms with Crippen molar-refractivity contribution in [3.05, 3.63) is 77.5 Å². The van der Waals surface area contributed by atoms with E-state index in [0.717, 1.165) is 11.1 Å². The van der Waals surface area contributed by atoms with Gasteiger partial charge in [-0.2, -0.15) is 5.10 Å². The minimum absolute atomic E-state index is 0.170. The van der Waals surface area contributed by atoms with Crippen LogP contribution in [0.4, 0.5) is 4.39 Å². The molecule has 0 N–H and O–H groups in total. The molecule has 4 aromatic rings. The van der Waals surface area contributed by atoms with Crippen molar-refractivity contribution >= 4 is 0 Å². The summed E-state index contributed by atoms with van der Waals surface area (Å²) in [5, 5.41) is 4.28. The molecule has 0 radical (unpaired) electrons. The molecule has 4 rings (SSSR count). The highest BCUT2D eigenvalue weighted by Crippen LogP contribution is 2.31. The summed E-state index contributed by atoms with van der Waals surface area (Å²) < 4.78 is 22.0. The maximum atomic E-state index is 14.1. The zero-order valence-electron chi connectivity index (χ0n) is 15.2. The molecule has 0 amide bonds. The summed E-state index contributed by atoms with van der Waals surface area (Å²) in [6.07, 6.45) is 8.23. The lowest BCUT2D eigenvalue weighted by molar-refractivity contribution is 0.380. The number of pyridine rings is 1. The second-order valence-electron chi connectivity index (χ2n) is 6.13. The molecule has 0 aliphatic heterocycles. The number of ether oxygens (including phenoxy) is 1. The predicted octanol–water partition coefficient (Wildman–Crippen LogP) is 2.84. The Bertz CT molecular complexity index is 1200. The third kappa shape index (κ3) is 3.16. The van der Waals surface area contributed by atoms with Crippen LogP contribution in [0.15, 0.2) is 66.1 Å². The lowest BCUT2D eigenvalue weighted by Gasteiger charge is -2.10. The molecular weight excluding hydrogens is 361 g/mol. The van der Waals surface area contributed by atoms with Crippen LogP contribution in [-0.2, 0) is 7.05 Å². The van der Waals surface area contributed by atoms with Gasteiger partial charge >= 0.3 is 6.01 Å². The van der Waals surface area contributed by atoms with E-state index in [2.05, 4.69) is 15.1 Å². The Hall–Kier alpha value is -3.81. The smallest absolute Gasteiger partial charge is 0.316 e. The van der Waals surface area contributed by atoms with Gasteiger partial charge in [0.2, 0.25) is 0 Å². The van der Waals surface area contributed by atoms with Crippen LogP contribution in [0, 0.1) is 5.82 Å². The zero-order chi connectivity index (χ0) is 19.7. The van der Waals surface area contributed by atoms with Gasteiger partial charge < -0.3 is 9.30 Å². The van der Waals surface area contributed by atoms with Crippen LogP contribution in [0.5, 0.6) is 6.01 Å². The molecule has 0 spiro atoms. The highest BCUT2D eigenvalue weighted by molar-refractivity contribution is 5.81. The van der Waals surface area contributed by atoms with Gasteiger partial charge in [-0.25, -0.2) is 19.0 Å². The van der Waals surface area contributed by atoms with E-state index < -0.39 is 0 Å². The first-order valence-electron chi connectivity index (χ1n) is 8.44. The summed E-state index contributed by atoms with van der Waals surface area (Å²) in [5.41, 5.74) is 2.96. The summed E-state index contributed by atoms with van der Waals surface area (Å²) in [4.78, 5) is 20.4. The molecule has 0 unspecified atom stereocenters. The van der Waals surface area contributed by atoms with Gasteiger partial charge in [-0.05, 0) is 17.7 Å². The number of para-hydroxylation sites is 1. The molecule has 140 valence electrons. The summed E-state index contributed by atoms with van der Waals surface area (Å²) >= 11 is 0. The monoisotopic (exact) mass is 377 g/mol. The van der Waals surface area contributed by atoms with Gasteiger partial charge in [-0.1, -0.05) is 12.1 Å². The third-order valence-electron chi connectivity index (χ3n) is 4.34. The fourth-order valence-corrected chi connectivity index (χ4v) is 2.89. The fourth-order valence-electron chi connectivity index (χ4n) is 2.89. The summed E-state index contributed by atoms with van der Waals surface area (Å²) in [7, 11) is 3.15. The van der Waals surface area contributed by atoms with Crippen LogP contribution in [0.25, 0.3) is 27.9 Å². The van der Waals surface area contributed by atoms with Crippen molar-refractivity contribution in [3.63, 3.8) is 0 Å². The van der Waals surface area contributed by atoms with Crippen molar-refractivity contribution in [1.29, 1.82) is 0 Å². The highest BCUT2D eigenvalue weighted by Gasteiger charge is 2.14. The first kappa shape index (κ1) is 17.6. The van der Waals surface area contributed by atoms with Crippen molar-refractivity contribution in [2.75, 3.05) is 7.11 Å². The molecule has 0 atom stereocenters. The van der Waals surface area contributed by atoms with Crippen LogP contribution >= 0.6 is 0 Å². The van der Waals surface area contributed by atoms with Crippen molar-refractivity contribution in [2.24, 2.45) is 7.05 Å². The molecule has 3 aromatic heterocycles. The number of nitrogens with zero attached hydrogens (tertiary/aromatic N) is 5. The molecular formula is C20H16FN5O2. The average Bonchev–Trinajstić information content (AvgIpc) is 3.20. The molecule has 0 saturated heterocycles. The zero-order valence-corrected chi connectivity index (χ0v) is 15.2. The number of benzene rings is 1. The Labute approximate surface area is 159 Å². The first-order chi connectivity index (χ1) is 13.6. The summed E-state index contributed by atoms with van der Waals surface area (Å²) in [5.74, 6) is -0.374. The largest absolute Gasteiger partial charge is 0.467 e. The number of methoxy groups -OCH3 is 1. The van der Waals surface area contributed by atoms with Gasteiger partial charge in [-0.3, -0.25) is 4.79 Å². The van der Waals surface area contributed by atoms with Gasteiger partial charge in [0.15, 0.2) is 0 Å². The Kier molecular flexibility index (Phi) is 4.44. The minimum Gasteiger partial charge on any atom is -0.467 e. The van der Waals surface area contributed by atoms with E-state index in [9.17, 15) is 9.18 Å². The number of hydrogen-bond donors (Lipinski definition) is 0. The second-order valence-corrected chi connectivity index (χ2v) is 6.13. The maximum Gasteiger partial charge on any atom is 0.316 e. The highest BCUT2D eigenvalue weighted by atomic mass is 19.1. The van der Waals surface area contributed by atoms with E-state index >= 15 is 0 Å². The molecule has 3 heterocycles. The summed E-state index contributed by atoms with van der Waals surface area (Å²) in [6, 6.07) is 8.14. The predicted molar refractivity (Wildman–Crippen MR) is 102 cm³/mol. The molecule has 0 aliphatic carbocycles. The molecule has 8 heteroatoms. The van der Waals surface area contributed by atoms with E-state index in [-0.39, 0.29) is 17.4 Å². The Morgan fingerprint density at radius 3 is 2.46 bits per heavy atom. The van der Waals surface area contributed by atoms with E-state index in [4.69, 9.17) is 4.74 Å². The Morgan fingerprint density at radius 2 is 1.75 bits per heavy atom.